The van der Waals surface area contributed by atoms with Crippen LogP contribution in [0, 0.1) is 13.8 Å². The summed E-state index contributed by atoms with van der Waals surface area (Å²) in [4.78, 5) is 0. The van der Waals surface area contributed by atoms with Gasteiger partial charge in [-0.1, -0.05) is 18.2 Å². The predicted molar refractivity (Wildman–Crippen MR) is 70.5 cm³/mol. The Morgan fingerprint density at radius 1 is 1.19 bits per heavy atom. The maximum absolute atomic E-state index is 5.92. The number of hydrogen-bond acceptors (Lipinski definition) is 2. The zero-order chi connectivity index (χ0) is 12.2. The molecule has 0 radical (unpaired) electrons. The highest BCUT2D eigenvalue weighted by atomic mass is 14.9. The Morgan fingerprint density at radius 2 is 1.88 bits per heavy atom. The highest BCUT2D eigenvalue weighted by molar-refractivity contribution is 5.29. The van der Waals surface area contributed by atoms with Gasteiger partial charge in [0.25, 0.3) is 0 Å². The highest BCUT2D eigenvalue weighted by Crippen LogP contribution is 2.09. The van der Waals surface area contributed by atoms with Gasteiger partial charge in [-0.05, 0) is 57.4 Å². The SMILES string of the molecule is Cc1ccc(CNCCC(C)(C)N)cc1C. The summed E-state index contributed by atoms with van der Waals surface area (Å²) in [6.07, 6.45) is 0.998. The number of rotatable bonds is 5. The quantitative estimate of drug-likeness (QED) is 0.748. The Morgan fingerprint density at radius 3 is 2.44 bits per heavy atom. The zero-order valence-electron chi connectivity index (χ0n) is 10.9. The molecule has 1 aromatic rings. The third kappa shape index (κ3) is 4.77. The fraction of sp³-hybridized carbons (Fsp3) is 0.571. The van der Waals surface area contributed by atoms with Crippen molar-refractivity contribution in [1.29, 1.82) is 0 Å². The summed E-state index contributed by atoms with van der Waals surface area (Å²) in [5.74, 6) is 0. The minimum atomic E-state index is -0.0732. The molecule has 2 nitrogen and oxygen atoms in total. The van der Waals surface area contributed by atoms with Gasteiger partial charge in [0.05, 0.1) is 0 Å². The van der Waals surface area contributed by atoms with Crippen LogP contribution in [0.3, 0.4) is 0 Å². The lowest BCUT2D eigenvalue weighted by atomic mass is 10.0. The maximum atomic E-state index is 5.92. The first-order chi connectivity index (χ1) is 7.38. The summed E-state index contributed by atoms with van der Waals surface area (Å²) in [7, 11) is 0. The second-order valence-electron chi connectivity index (χ2n) is 5.33. The lowest BCUT2D eigenvalue weighted by Crippen LogP contribution is -2.35. The van der Waals surface area contributed by atoms with E-state index in [0.717, 1.165) is 19.5 Å². The minimum absolute atomic E-state index is 0.0732. The summed E-state index contributed by atoms with van der Waals surface area (Å²) in [6, 6.07) is 6.61. The lowest BCUT2D eigenvalue weighted by Gasteiger charge is -2.18. The standard InChI is InChI=1S/C14H24N2/c1-11-5-6-13(9-12(11)2)10-16-8-7-14(3,4)15/h5-6,9,16H,7-8,10,15H2,1-4H3. The lowest BCUT2D eigenvalue weighted by molar-refractivity contribution is 0.455. The number of hydrogen-bond donors (Lipinski definition) is 2. The first-order valence-electron chi connectivity index (χ1n) is 5.94. The zero-order valence-corrected chi connectivity index (χ0v) is 10.9. The van der Waals surface area contributed by atoms with Crippen molar-refractivity contribution in [1.82, 2.24) is 5.32 Å². The monoisotopic (exact) mass is 220 g/mol. The fourth-order valence-corrected chi connectivity index (χ4v) is 1.56. The van der Waals surface area contributed by atoms with Crippen molar-refractivity contribution in [3.05, 3.63) is 34.9 Å². The van der Waals surface area contributed by atoms with E-state index in [9.17, 15) is 0 Å². The van der Waals surface area contributed by atoms with Gasteiger partial charge in [0.1, 0.15) is 0 Å². The molecule has 90 valence electrons. The normalized spacial score (nSPS) is 11.8. The van der Waals surface area contributed by atoms with Crippen LogP contribution in [0.2, 0.25) is 0 Å². The van der Waals surface area contributed by atoms with Crippen molar-refractivity contribution in [2.45, 2.75) is 46.2 Å². The van der Waals surface area contributed by atoms with E-state index in [1.807, 2.05) is 0 Å². The van der Waals surface area contributed by atoms with Crippen molar-refractivity contribution in [2.24, 2.45) is 5.73 Å². The van der Waals surface area contributed by atoms with Crippen LogP contribution in [-0.4, -0.2) is 12.1 Å². The first kappa shape index (κ1) is 13.2. The summed E-state index contributed by atoms with van der Waals surface area (Å²) in [5, 5.41) is 3.42. The van der Waals surface area contributed by atoms with Crippen molar-refractivity contribution in [3.63, 3.8) is 0 Å². The number of nitrogens with two attached hydrogens (primary N) is 1. The smallest absolute Gasteiger partial charge is 0.0205 e. The Hall–Kier alpha value is -0.860. The van der Waals surface area contributed by atoms with E-state index < -0.39 is 0 Å². The molecule has 0 amide bonds. The van der Waals surface area contributed by atoms with Gasteiger partial charge in [-0.15, -0.1) is 0 Å². The summed E-state index contributed by atoms with van der Waals surface area (Å²) in [6.45, 7) is 10.3. The molecule has 16 heavy (non-hydrogen) atoms. The summed E-state index contributed by atoms with van der Waals surface area (Å²) >= 11 is 0. The van der Waals surface area contributed by atoms with Crippen LogP contribution < -0.4 is 11.1 Å². The summed E-state index contributed by atoms with van der Waals surface area (Å²) < 4.78 is 0. The third-order valence-electron chi connectivity index (χ3n) is 2.85. The molecular formula is C14H24N2. The molecule has 0 bridgehead atoms. The molecule has 1 aromatic carbocycles. The van der Waals surface area contributed by atoms with Crippen LogP contribution in [0.4, 0.5) is 0 Å². The molecule has 0 unspecified atom stereocenters. The van der Waals surface area contributed by atoms with Gasteiger partial charge in [-0.25, -0.2) is 0 Å². The Bertz CT molecular complexity index is 337. The Kier molecular flexibility index (Phi) is 4.51. The largest absolute Gasteiger partial charge is 0.326 e. The molecule has 3 N–H and O–H groups in total. The van der Waals surface area contributed by atoms with E-state index in [1.165, 1.54) is 16.7 Å². The van der Waals surface area contributed by atoms with E-state index in [1.54, 1.807) is 0 Å². The molecule has 0 atom stereocenters. The molecule has 1 rings (SSSR count). The number of benzene rings is 1. The fourth-order valence-electron chi connectivity index (χ4n) is 1.56. The average Bonchev–Trinajstić information content (AvgIpc) is 2.17. The van der Waals surface area contributed by atoms with E-state index >= 15 is 0 Å². The first-order valence-corrected chi connectivity index (χ1v) is 5.94. The van der Waals surface area contributed by atoms with Crippen LogP contribution in [0.5, 0.6) is 0 Å². The third-order valence-corrected chi connectivity index (χ3v) is 2.85. The van der Waals surface area contributed by atoms with E-state index in [-0.39, 0.29) is 5.54 Å². The maximum Gasteiger partial charge on any atom is 0.0205 e. The van der Waals surface area contributed by atoms with Crippen molar-refractivity contribution < 1.29 is 0 Å². The van der Waals surface area contributed by atoms with Gasteiger partial charge in [-0.2, -0.15) is 0 Å². The molecule has 0 fully saturated rings. The molecular weight excluding hydrogens is 196 g/mol. The second kappa shape index (κ2) is 5.46. The molecule has 0 aromatic heterocycles. The van der Waals surface area contributed by atoms with Crippen LogP contribution >= 0.6 is 0 Å². The van der Waals surface area contributed by atoms with E-state index in [4.69, 9.17) is 5.73 Å². The Labute approximate surface area is 99.2 Å². The van der Waals surface area contributed by atoms with E-state index in [2.05, 4.69) is 51.2 Å². The minimum Gasteiger partial charge on any atom is -0.326 e. The van der Waals surface area contributed by atoms with Gasteiger partial charge in [0.2, 0.25) is 0 Å². The number of nitrogens with one attached hydrogen (secondary N) is 1. The van der Waals surface area contributed by atoms with Gasteiger partial charge in [0, 0.05) is 12.1 Å². The summed E-state index contributed by atoms with van der Waals surface area (Å²) in [5.41, 5.74) is 9.90. The van der Waals surface area contributed by atoms with Gasteiger partial charge < -0.3 is 11.1 Å². The molecule has 0 aliphatic carbocycles. The number of aryl methyl sites for hydroxylation is 2. The molecule has 2 heteroatoms. The van der Waals surface area contributed by atoms with Crippen LogP contribution in [-0.2, 0) is 6.54 Å². The molecule has 0 saturated heterocycles. The van der Waals surface area contributed by atoms with Gasteiger partial charge in [0.15, 0.2) is 0 Å². The molecule has 0 heterocycles. The molecule has 0 aliphatic heterocycles. The molecule has 0 saturated carbocycles. The van der Waals surface area contributed by atoms with Crippen LogP contribution in [0.25, 0.3) is 0 Å². The van der Waals surface area contributed by atoms with Crippen molar-refractivity contribution in [2.75, 3.05) is 6.54 Å². The van der Waals surface area contributed by atoms with Crippen LogP contribution in [0.15, 0.2) is 18.2 Å². The average molecular weight is 220 g/mol. The van der Waals surface area contributed by atoms with E-state index in [0.29, 0.717) is 0 Å². The Balaban J connectivity index is 2.35. The predicted octanol–water partition coefficient (Wildman–Crippen LogP) is 2.52. The highest BCUT2D eigenvalue weighted by Gasteiger charge is 2.08. The van der Waals surface area contributed by atoms with Gasteiger partial charge in [-0.3, -0.25) is 0 Å². The van der Waals surface area contributed by atoms with Crippen molar-refractivity contribution >= 4 is 0 Å². The molecule has 0 spiro atoms. The molecule has 0 aliphatic rings. The van der Waals surface area contributed by atoms with Gasteiger partial charge >= 0.3 is 0 Å². The second-order valence-corrected chi connectivity index (χ2v) is 5.33. The van der Waals surface area contributed by atoms with Crippen molar-refractivity contribution in [3.8, 4) is 0 Å². The topological polar surface area (TPSA) is 38.0 Å². The van der Waals surface area contributed by atoms with Crippen LogP contribution in [0.1, 0.15) is 37.0 Å².